The average molecular weight is 284 g/mol. The minimum atomic E-state index is -0.287. The Morgan fingerprint density at radius 3 is 2.48 bits per heavy atom. The Bertz CT molecular complexity index is 721. The second-order valence-corrected chi connectivity index (χ2v) is 4.48. The fourth-order valence-electron chi connectivity index (χ4n) is 1.83. The van der Waals surface area contributed by atoms with E-state index in [4.69, 9.17) is 14.9 Å². The van der Waals surface area contributed by atoms with Gasteiger partial charge >= 0.3 is 0 Å². The third-order valence-electron chi connectivity index (χ3n) is 2.92. The van der Waals surface area contributed by atoms with Crippen molar-refractivity contribution in [3.05, 3.63) is 66.4 Å². The molecule has 0 bridgehead atoms. The number of nitrogens with zero attached hydrogens (tertiary/aromatic N) is 1. The second-order valence-electron chi connectivity index (χ2n) is 4.48. The maximum Gasteiger partial charge on any atom is 0.232 e. The number of rotatable bonds is 4. The van der Waals surface area contributed by atoms with Crippen molar-refractivity contribution in [1.29, 1.82) is 0 Å². The van der Waals surface area contributed by atoms with E-state index < -0.39 is 0 Å². The predicted molar refractivity (Wildman–Crippen MR) is 77.1 cm³/mol. The average Bonchev–Trinajstić information content (AvgIpc) is 2.96. The molecule has 21 heavy (non-hydrogen) atoms. The predicted octanol–water partition coefficient (Wildman–Crippen LogP) is 3.64. The zero-order valence-corrected chi connectivity index (χ0v) is 11.1. The molecule has 1 aromatic heterocycles. The molecular weight excluding hydrogens is 271 g/mol. The standard InChI is InChI=1S/C16H13FN2O2/c17-12-3-1-11(2-4-12)15-9-19-16(21-15)10-20-14-7-5-13(18)6-8-14/h1-9H,10,18H2. The molecule has 0 aliphatic carbocycles. The van der Waals surface area contributed by atoms with Crippen LogP contribution in [0.15, 0.2) is 59.1 Å². The summed E-state index contributed by atoms with van der Waals surface area (Å²) in [7, 11) is 0. The molecule has 1 heterocycles. The summed E-state index contributed by atoms with van der Waals surface area (Å²) < 4.78 is 24.0. The number of anilines is 1. The molecule has 3 rings (SSSR count). The van der Waals surface area contributed by atoms with Crippen LogP contribution >= 0.6 is 0 Å². The van der Waals surface area contributed by atoms with Gasteiger partial charge in [-0.25, -0.2) is 9.37 Å². The van der Waals surface area contributed by atoms with Crippen molar-refractivity contribution in [3.63, 3.8) is 0 Å². The molecule has 0 fully saturated rings. The van der Waals surface area contributed by atoms with Crippen molar-refractivity contribution < 1.29 is 13.5 Å². The van der Waals surface area contributed by atoms with Gasteiger partial charge in [0, 0.05) is 11.3 Å². The smallest absolute Gasteiger partial charge is 0.232 e. The Morgan fingerprint density at radius 1 is 1.05 bits per heavy atom. The minimum absolute atomic E-state index is 0.213. The number of benzene rings is 2. The van der Waals surface area contributed by atoms with Crippen molar-refractivity contribution in [1.82, 2.24) is 4.98 Å². The molecule has 0 spiro atoms. The highest BCUT2D eigenvalue weighted by Gasteiger charge is 2.07. The van der Waals surface area contributed by atoms with Crippen LogP contribution in [-0.2, 0) is 6.61 Å². The van der Waals surface area contributed by atoms with Crippen LogP contribution in [0.25, 0.3) is 11.3 Å². The van der Waals surface area contributed by atoms with E-state index in [2.05, 4.69) is 4.98 Å². The molecule has 0 unspecified atom stereocenters. The third kappa shape index (κ3) is 3.20. The summed E-state index contributed by atoms with van der Waals surface area (Å²) in [5, 5.41) is 0. The van der Waals surface area contributed by atoms with E-state index in [1.165, 1.54) is 12.1 Å². The molecule has 0 amide bonds. The molecule has 0 atom stereocenters. The number of oxazole rings is 1. The van der Waals surface area contributed by atoms with Gasteiger partial charge < -0.3 is 14.9 Å². The van der Waals surface area contributed by atoms with E-state index in [1.807, 2.05) is 0 Å². The number of ether oxygens (including phenoxy) is 1. The number of aromatic nitrogens is 1. The number of hydrogen-bond acceptors (Lipinski definition) is 4. The quantitative estimate of drug-likeness (QED) is 0.743. The molecular formula is C16H13FN2O2. The van der Waals surface area contributed by atoms with Crippen LogP contribution in [0.4, 0.5) is 10.1 Å². The van der Waals surface area contributed by atoms with E-state index in [0.717, 1.165) is 5.56 Å². The Kier molecular flexibility index (Phi) is 3.55. The monoisotopic (exact) mass is 284 g/mol. The van der Waals surface area contributed by atoms with Gasteiger partial charge in [-0.15, -0.1) is 0 Å². The first-order valence-corrected chi connectivity index (χ1v) is 6.40. The molecule has 3 aromatic rings. The van der Waals surface area contributed by atoms with Crippen LogP contribution in [0, 0.1) is 5.82 Å². The lowest BCUT2D eigenvalue weighted by molar-refractivity contribution is 0.264. The zero-order chi connectivity index (χ0) is 14.7. The van der Waals surface area contributed by atoms with Crippen molar-refractivity contribution in [2.75, 3.05) is 5.73 Å². The molecule has 0 aliphatic heterocycles. The van der Waals surface area contributed by atoms with Crippen LogP contribution in [-0.4, -0.2) is 4.98 Å². The summed E-state index contributed by atoms with van der Waals surface area (Å²) in [5.74, 6) is 1.42. The molecule has 0 radical (unpaired) electrons. The van der Waals surface area contributed by atoms with Crippen LogP contribution in [0.5, 0.6) is 5.75 Å². The topological polar surface area (TPSA) is 61.3 Å². The van der Waals surface area contributed by atoms with Gasteiger partial charge in [0.1, 0.15) is 11.6 Å². The first-order chi connectivity index (χ1) is 10.2. The summed E-state index contributed by atoms with van der Waals surface area (Å²) >= 11 is 0. The highest BCUT2D eigenvalue weighted by molar-refractivity contribution is 5.55. The maximum absolute atomic E-state index is 12.9. The normalized spacial score (nSPS) is 10.5. The molecule has 5 heteroatoms. The Hall–Kier alpha value is -2.82. The SMILES string of the molecule is Nc1ccc(OCc2ncc(-c3ccc(F)cc3)o2)cc1. The Morgan fingerprint density at radius 2 is 1.76 bits per heavy atom. The molecule has 4 nitrogen and oxygen atoms in total. The summed E-state index contributed by atoms with van der Waals surface area (Å²) in [6.07, 6.45) is 1.59. The van der Waals surface area contributed by atoms with Gasteiger partial charge in [-0.05, 0) is 48.5 Å². The van der Waals surface area contributed by atoms with Gasteiger partial charge in [0.2, 0.25) is 5.89 Å². The number of hydrogen-bond donors (Lipinski definition) is 1. The van der Waals surface area contributed by atoms with E-state index in [-0.39, 0.29) is 12.4 Å². The van der Waals surface area contributed by atoms with E-state index in [1.54, 1.807) is 42.6 Å². The summed E-state index contributed by atoms with van der Waals surface area (Å²) in [5.41, 5.74) is 7.04. The van der Waals surface area contributed by atoms with Crippen molar-refractivity contribution >= 4 is 5.69 Å². The fraction of sp³-hybridized carbons (Fsp3) is 0.0625. The third-order valence-corrected chi connectivity index (χ3v) is 2.92. The Balaban J connectivity index is 1.67. The van der Waals surface area contributed by atoms with E-state index in [0.29, 0.717) is 23.1 Å². The first kappa shape index (κ1) is 13.2. The van der Waals surface area contributed by atoms with Crippen LogP contribution in [0.1, 0.15) is 5.89 Å². The van der Waals surface area contributed by atoms with Crippen LogP contribution in [0.3, 0.4) is 0 Å². The van der Waals surface area contributed by atoms with Crippen LogP contribution < -0.4 is 10.5 Å². The highest BCUT2D eigenvalue weighted by Crippen LogP contribution is 2.21. The molecule has 0 aliphatic rings. The Labute approximate surface area is 121 Å². The summed E-state index contributed by atoms with van der Waals surface area (Å²) in [4.78, 5) is 4.14. The fourth-order valence-corrected chi connectivity index (χ4v) is 1.83. The van der Waals surface area contributed by atoms with Gasteiger partial charge in [-0.2, -0.15) is 0 Å². The zero-order valence-electron chi connectivity index (χ0n) is 11.1. The summed E-state index contributed by atoms with van der Waals surface area (Å²) in [6.45, 7) is 0.213. The van der Waals surface area contributed by atoms with Crippen molar-refractivity contribution in [2.24, 2.45) is 0 Å². The van der Waals surface area contributed by atoms with Gasteiger partial charge in [-0.1, -0.05) is 0 Å². The van der Waals surface area contributed by atoms with Crippen molar-refractivity contribution in [2.45, 2.75) is 6.61 Å². The second kappa shape index (κ2) is 5.66. The van der Waals surface area contributed by atoms with Crippen LogP contribution in [0.2, 0.25) is 0 Å². The molecule has 0 saturated carbocycles. The maximum atomic E-state index is 12.9. The summed E-state index contributed by atoms with van der Waals surface area (Å²) in [6, 6.07) is 13.1. The number of halogens is 1. The lowest BCUT2D eigenvalue weighted by atomic mass is 10.2. The highest BCUT2D eigenvalue weighted by atomic mass is 19.1. The number of nitrogens with two attached hydrogens (primary N) is 1. The molecule has 0 saturated heterocycles. The van der Waals surface area contributed by atoms with Crippen molar-refractivity contribution in [3.8, 4) is 17.1 Å². The molecule has 106 valence electrons. The lowest BCUT2D eigenvalue weighted by Gasteiger charge is -2.03. The number of nitrogen functional groups attached to an aromatic ring is 1. The first-order valence-electron chi connectivity index (χ1n) is 6.40. The molecule has 2 N–H and O–H groups in total. The minimum Gasteiger partial charge on any atom is -0.484 e. The van der Waals surface area contributed by atoms with E-state index in [9.17, 15) is 4.39 Å². The largest absolute Gasteiger partial charge is 0.484 e. The molecule has 2 aromatic carbocycles. The van der Waals surface area contributed by atoms with Gasteiger partial charge in [-0.3, -0.25) is 0 Å². The van der Waals surface area contributed by atoms with Gasteiger partial charge in [0.05, 0.1) is 6.20 Å². The lowest BCUT2D eigenvalue weighted by Crippen LogP contribution is -1.95. The van der Waals surface area contributed by atoms with E-state index >= 15 is 0 Å². The van der Waals surface area contributed by atoms with Gasteiger partial charge in [0.25, 0.3) is 0 Å². The van der Waals surface area contributed by atoms with Gasteiger partial charge in [0.15, 0.2) is 12.4 Å².